The summed E-state index contributed by atoms with van der Waals surface area (Å²) in [4.78, 5) is 13.3. The Bertz CT molecular complexity index is 618. The number of nitrogens with zero attached hydrogens (tertiary/aromatic N) is 2. The predicted molar refractivity (Wildman–Crippen MR) is 85.9 cm³/mol. The highest BCUT2D eigenvalue weighted by Gasteiger charge is 2.29. The highest BCUT2D eigenvalue weighted by Crippen LogP contribution is 2.14. The Labute approximate surface area is 131 Å². The summed E-state index contributed by atoms with van der Waals surface area (Å²) in [5.74, 6) is -0.431. The topological polar surface area (TPSA) is 83.7 Å². The molecule has 1 amide bonds. The zero-order valence-electron chi connectivity index (χ0n) is 13.0. The van der Waals surface area contributed by atoms with E-state index in [0.29, 0.717) is 31.7 Å². The van der Waals surface area contributed by atoms with Gasteiger partial charge in [0.1, 0.15) is 0 Å². The fourth-order valence-electron chi connectivity index (χ4n) is 2.47. The molecule has 0 spiro atoms. The van der Waals surface area contributed by atoms with Crippen molar-refractivity contribution in [3.63, 3.8) is 0 Å². The van der Waals surface area contributed by atoms with Gasteiger partial charge in [-0.05, 0) is 31.5 Å². The number of rotatable bonds is 5. The number of nitrogens with two attached hydrogens (primary N) is 1. The van der Waals surface area contributed by atoms with Crippen LogP contribution in [0.3, 0.4) is 0 Å². The third-order valence-electron chi connectivity index (χ3n) is 3.93. The number of hydrogen-bond acceptors (Lipinski definition) is 4. The van der Waals surface area contributed by atoms with Crippen molar-refractivity contribution in [2.24, 2.45) is 5.73 Å². The number of piperazine rings is 1. The quantitative estimate of drug-likeness (QED) is 0.861. The summed E-state index contributed by atoms with van der Waals surface area (Å²) in [5, 5.41) is -0.375. The number of amides is 1. The van der Waals surface area contributed by atoms with Gasteiger partial charge in [0.25, 0.3) is 0 Å². The smallest absolute Gasteiger partial charge is 0.248 e. The molecule has 1 aliphatic heterocycles. The lowest BCUT2D eigenvalue weighted by Crippen LogP contribution is -2.49. The van der Waals surface area contributed by atoms with Gasteiger partial charge in [-0.1, -0.05) is 12.1 Å². The predicted octanol–water partition coefficient (Wildman–Crippen LogP) is 0.641. The zero-order chi connectivity index (χ0) is 16.3. The Balaban J connectivity index is 1.91. The third kappa shape index (κ3) is 3.85. The molecule has 6 nitrogen and oxygen atoms in total. The second kappa shape index (κ2) is 6.76. The summed E-state index contributed by atoms with van der Waals surface area (Å²) in [6.07, 6.45) is 0. The summed E-state index contributed by atoms with van der Waals surface area (Å²) in [5.41, 5.74) is 6.80. The lowest BCUT2D eigenvalue weighted by atomic mass is 10.1. The van der Waals surface area contributed by atoms with Crippen molar-refractivity contribution in [3.05, 3.63) is 35.4 Å². The minimum Gasteiger partial charge on any atom is -0.366 e. The van der Waals surface area contributed by atoms with Crippen molar-refractivity contribution in [2.45, 2.75) is 25.6 Å². The van der Waals surface area contributed by atoms with Crippen LogP contribution in [0.5, 0.6) is 0 Å². The van der Waals surface area contributed by atoms with Crippen LogP contribution in [-0.2, 0) is 16.6 Å². The molecule has 1 heterocycles. The molecular weight excluding hydrogens is 302 g/mol. The van der Waals surface area contributed by atoms with E-state index in [1.54, 1.807) is 30.3 Å². The van der Waals surface area contributed by atoms with E-state index in [4.69, 9.17) is 5.73 Å². The molecule has 1 aromatic carbocycles. The molecule has 1 fully saturated rings. The molecule has 1 saturated heterocycles. The average Bonchev–Trinajstić information content (AvgIpc) is 2.48. The second-order valence-electron chi connectivity index (χ2n) is 5.83. The monoisotopic (exact) mass is 325 g/mol. The molecule has 1 aliphatic rings. The normalized spacial score (nSPS) is 17.8. The van der Waals surface area contributed by atoms with Crippen LogP contribution >= 0.6 is 0 Å². The first-order chi connectivity index (χ1) is 10.3. The largest absolute Gasteiger partial charge is 0.366 e. The van der Waals surface area contributed by atoms with Crippen molar-refractivity contribution in [2.75, 3.05) is 26.2 Å². The molecule has 2 rings (SSSR count). The molecule has 0 aliphatic carbocycles. The van der Waals surface area contributed by atoms with Crippen molar-refractivity contribution in [3.8, 4) is 0 Å². The standard InChI is InChI=1S/C15H23N3O3S/c1-12(2)22(20,21)18-9-7-17(8-10-18)11-13-3-5-14(6-4-13)15(16)19/h3-6,12H,7-11H2,1-2H3,(H2,16,19). The average molecular weight is 325 g/mol. The summed E-state index contributed by atoms with van der Waals surface area (Å²) in [6, 6.07) is 7.21. The van der Waals surface area contributed by atoms with E-state index in [1.807, 2.05) is 12.1 Å². The first-order valence-electron chi connectivity index (χ1n) is 7.41. The molecule has 2 N–H and O–H groups in total. The lowest BCUT2D eigenvalue weighted by Gasteiger charge is -2.34. The first kappa shape index (κ1) is 16.9. The fourth-order valence-corrected chi connectivity index (χ4v) is 3.74. The van der Waals surface area contributed by atoms with Crippen molar-refractivity contribution < 1.29 is 13.2 Å². The Morgan fingerprint density at radius 2 is 1.68 bits per heavy atom. The van der Waals surface area contributed by atoms with Crippen LogP contribution in [0, 0.1) is 0 Å². The van der Waals surface area contributed by atoms with Crippen LogP contribution in [0.25, 0.3) is 0 Å². The van der Waals surface area contributed by atoms with E-state index in [0.717, 1.165) is 12.1 Å². The van der Waals surface area contributed by atoms with Gasteiger partial charge in [-0.15, -0.1) is 0 Å². The van der Waals surface area contributed by atoms with Gasteiger partial charge in [-0.3, -0.25) is 9.69 Å². The SMILES string of the molecule is CC(C)S(=O)(=O)N1CCN(Cc2ccc(C(N)=O)cc2)CC1. The fraction of sp³-hybridized carbons (Fsp3) is 0.533. The van der Waals surface area contributed by atoms with E-state index in [-0.39, 0.29) is 5.25 Å². The van der Waals surface area contributed by atoms with E-state index in [9.17, 15) is 13.2 Å². The number of sulfonamides is 1. The van der Waals surface area contributed by atoms with Crippen LogP contribution in [0.15, 0.2) is 24.3 Å². The molecule has 0 unspecified atom stereocenters. The Morgan fingerprint density at radius 3 is 2.14 bits per heavy atom. The van der Waals surface area contributed by atoms with Crippen LogP contribution < -0.4 is 5.73 Å². The van der Waals surface area contributed by atoms with Crippen LogP contribution in [0.1, 0.15) is 29.8 Å². The van der Waals surface area contributed by atoms with E-state index in [1.165, 1.54) is 0 Å². The maximum absolute atomic E-state index is 12.1. The minimum atomic E-state index is -3.16. The lowest BCUT2D eigenvalue weighted by molar-refractivity contribution is 0.1000. The third-order valence-corrected chi connectivity index (χ3v) is 6.21. The minimum absolute atomic E-state index is 0.375. The molecule has 22 heavy (non-hydrogen) atoms. The maximum atomic E-state index is 12.1. The van der Waals surface area contributed by atoms with Crippen molar-refractivity contribution in [1.82, 2.24) is 9.21 Å². The van der Waals surface area contributed by atoms with Crippen LogP contribution in [0.2, 0.25) is 0 Å². The van der Waals surface area contributed by atoms with E-state index < -0.39 is 15.9 Å². The van der Waals surface area contributed by atoms with Crippen molar-refractivity contribution in [1.29, 1.82) is 0 Å². The maximum Gasteiger partial charge on any atom is 0.248 e. The number of hydrogen-bond donors (Lipinski definition) is 1. The molecular formula is C15H23N3O3S. The molecule has 7 heteroatoms. The molecule has 122 valence electrons. The number of benzene rings is 1. The molecule has 0 atom stereocenters. The first-order valence-corrected chi connectivity index (χ1v) is 8.91. The van der Waals surface area contributed by atoms with Gasteiger partial charge in [-0.2, -0.15) is 4.31 Å². The van der Waals surface area contributed by atoms with Crippen molar-refractivity contribution >= 4 is 15.9 Å². The molecule has 0 aromatic heterocycles. The number of primary amides is 1. The van der Waals surface area contributed by atoms with Gasteiger partial charge < -0.3 is 5.73 Å². The van der Waals surface area contributed by atoms with Gasteiger partial charge in [0.2, 0.25) is 15.9 Å². The van der Waals surface area contributed by atoms with Gasteiger partial charge >= 0.3 is 0 Å². The van der Waals surface area contributed by atoms with E-state index >= 15 is 0 Å². The van der Waals surface area contributed by atoms with Gasteiger partial charge in [0.15, 0.2) is 0 Å². The Kier molecular flexibility index (Phi) is 5.20. The molecule has 0 bridgehead atoms. The molecule has 0 radical (unpaired) electrons. The highest BCUT2D eigenvalue weighted by molar-refractivity contribution is 7.89. The zero-order valence-corrected chi connectivity index (χ0v) is 13.8. The van der Waals surface area contributed by atoms with Gasteiger partial charge in [0, 0.05) is 38.3 Å². The Morgan fingerprint density at radius 1 is 1.14 bits per heavy atom. The summed E-state index contributed by atoms with van der Waals surface area (Å²) in [6.45, 7) is 6.64. The van der Waals surface area contributed by atoms with Gasteiger partial charge in [-0.25, -0.2) is 8.42 Å². The molecule has 1 aromatic rings. The van der Waals surface area contributed by atoms with E-state index in [2.05, 4.69) is 4.90 Å². The number of carbonyl (C=O) groups is 1. The second-order valence-corrected chi connectivity index (χ2v) is 8.32. The van der Waals surface area contributed by atoms with Crippen LogP contribution in [0.4, 0.5) is 0 Å². The summed E-state index contributed by atoms with van der Waals surface area (Å²) < 4.78 is 25.8. The summed E-state index contributed by atoms with van der Waals surface area (Å²) >= 11 is 0. The highest BCUT2D eigenvalue weighted by atomic mass is 32.2. The number of carbonyl (C=O) groups excluding carboxylic acids is 1. The summed E-state index contributed by atoms with van der Waals surface area (Å²) in [7, 11) is -3.16. The molecule has 0 saturated carbocycles. The van der Waals surface area contributed by atoms with Gasteiger partial charge in [0.05, 0.1) is 5.25 Å². The van der Waals surface area contributed by atoms with Crippen LogP contribution in [-0.4, -0.2) is 55.0 Å². The Hall–Kier alpha value is -1.44.